The zero-order chi connectivity index (χ0) is 13.5. The van der Waals surface area contributed by atoms with Crippen LogP contribution in [-0.4, -0.2) is 11.6 Å². The quantitative estimate of drug-likeness (QED) is 0.857. The van der Waals surface area contributed by atoms with Crippen molar-refractivity contribution in [1.82, 2.24) is 10.5 Å². The van der Waals surface area contributed by atoms with E-state index in [9.17, 15) is 4.39 Å². The van der Waals surface area contributed by atoms with E-state index in [1.54, 1.807) is 12.1 Å². The summed E-state index contributed by atoms with van der Waals surface area (Å²) in [5.74, 6) is -0.219. The van der Waals surface area contributed by atoms with Crippen LogP contribution in [0.4, 0.5) is 10.1 Å². The minimum absolute atomic E-state index is 0.219. The highest BCUT2D eigenvalue weighted by Crippen LogP contribution is 2.32. The molecular weight excluding hydrogens is 253 g/mol. The summed E-state index contributed by atoms with van der Waals surface area (Å²) in [6, 6.07) is 14.9. The molecule has 0 spiro atoms. The lowest BCUT2D eigenvalue weighted by Crippen LogP contribution is -2.42. The van der Waals surface area contributed by atoms with Gasteiger partial charge in [-0.3, -0.25) is 10.0 Å². The van der Waals surface area contributed by atoms with Crippen LogP contribution in [0.3, 0.4) is 0 Å². The maximum absolute atomic E-state index is 13.0. The van der Waals surface area contributed by atoms with E-state index in [-0.39, 0.29) is 5.82 Å². The molecule has 4 rings (SSSR count). The number of benzene rings is 2. The lowest BCUT2D eigenvalue weighted by atomic mass is 9.98. The Morgan fingerprint density at radius 3 is 2.65 bits per heavy atom. The summed E-state index contributed by atoms with van der Waals surface area (Å²) in [6.45, 7) is 0.931. The summed E-state index contributed by atoms with van der Waals surface area (Å²) in [7, 11) is 0. The van der Waals surface area contributed by atoms with Gasteiger partial charge in [-0.2, -0.15) is 0 Å². The van der Waals surface area contributed by atoms with Crippen LogP contribution in [-0.2, 0) is 6.42 Å². The van der Waals surface area contributed by atoms with Crippen LogP contribution in [0.2, 0.25) is 0 Å². The summed E-state index contributed by atoms with van der Waals surface area (Å²) in [5, 5.41) is 4.06. The van der Waals surface area contributed by atoms with Gasteiger partial charge in [-0.05, 0) is 36.2 Å². The number of nitrogens with zero attached hydrogens (tertiary/aromatic N) is 2. The number of hydrogen-bond donors (Lipinski definition) is 1. The van der Waals surface area contributed by atoms with Gasteiger partial charge in [0.15, 0.2) is 0 Å². The summed E-state index contributed by atoms with van der Waals surface area (Å²) in [5.41, 5.74) is 8.04. The molecule has 0 unspecified atom stereocenters. The maximum Gasteiger partial charge on any atom is 0.123 e. The molecule has 0 amide bonds. The Bertz CT molecular complexity index is 678. The van der Waals surface area contributed by atoms with E-state index in [0.717, 1.165) is 24.4 Å². The zero-order valence-electron chi connectivity index (χ0n) is 10.9. The monoisotopic (exact) mass is 267 g/mol. The number of anilines is 1. The van der Waals surface area contributed by atoms with Gasteiger partial charge in [0.25, 0.3) is 0 Å². The van der Waals surface area contributed by atoms with Crippen LogP contribution >= 0.6 is 0 Å². The van der Waals surface area contributed by atoms with Gasteiger partial charge in [0.1, 0.15) is 5.82 Å². The molecule has 3 nitrogen and oxygen atoms in total. The third-order valence-electron chi connectivity index (χ3n) is 3.77. The first-order valence-corrected chi connectivity index (χ1v) is 6.70. The Balaban J connectivity index is 1.72. The van der Waals surface area contributed by atoms with Gasteiger partial charge in [-0.1, -0.05) is 24.3 Å². The van der Waals surface area contributed by atoms with Crippen LogP contribution in [0.25, 0.3) is 5.70 Å². The Kier molecular flexibility index (Phi) is 2.50. The van der Waals surface area contributed by atoms with Gasteiger partial charge < -0.3 is 0 Å². The molecule has 0 radical (unpaired) electrons. The van der Waals surface area contributed by atoms with Crippen molar-refractivity contribution in [2.24, 2.45) is 0 Å². The van der Waals surface area contributed by atoms with E-state index in [0.29, 0.717) is 0 Å². The van der Waals surface area contributed by atoms with Crippen LogP contribution in [0, 0.1) is 5.82 Å². The van der Waals surface area contributed by atoms with Gasteiger partial charge in [0.05, 0.1) is 11.4 Å². The topological polar surface area (TPSA) is 18.5 Å². The number of fused-ring (bicyclic) bond motifs is 3. The van der Waals surface area contributed by atoms with Gasteiger partial charge in [-0.15, -0.1) is 5.53 Å². The average molecular weight is 267 g/mol. The first-order chi connectivity index (χ1) is 9.81. The predicted molar refractivity (Wildman–Crippen MR) is 76.8 cm³/mol. The van der Waals surface area contributed by atoms with E-state index in [2.05, 4.69) is 41.0 Å². The minimum Gasteiger partial charge on any atom is -0.288 e. The zero-order valence-corrected chi connectivity index (χ0v) is 10.9. The van der Waals surface area contributed by atoms with Crippen LogP contribution < -0.4 is 10.5 Å². The summed E-state index contributed by atoms with van der Waals surface area (Å²) in [6.07, 6.45) is 3.09. The van der Waals surface area contributed by atoms with E-state index in [1.165, 1.54) is 23.3 Å². The average Bonchev–Trinajstić information content (AvgIpc) is 2.92. The highest BCUT2D eigenvalue weighted by Gasteiger charge is 2.27. The lowest BCUT2D eigenvalue weighted by molar-refractivity contribution is 0.307. The third kappa shape index (κ3) is 1.77. The maximum atomic E-state index is 13.0. The molecule has 4 heteroatoms. The smallest absolute Gasteiger partial charge is 0.123 e. The molecule has 100 valence electrons. The van der Waals surface area contributed by atoms with Crippen molar-refractivity contribution < 1.29 is 4.39 Å². The number of halogens is 1. The lowest BCUT2D eigenvalue weighted by Gasteiger charge is -2.29. The molecule has 2 aliphatic heterocycles. The highest BCUT2D eigenvalue weighted by atomic mass is 19.1. The first kappa shape index (κ1) is 11.5. The molecule has 2 aromatic rings. The number of nitrogens with one attached hydrogen (secondary N) is 1. The van der Waals surface area contributed by atoms with E-state index < -0.39 is 0 Å². The fraction of sp³-hybridized carbons (Fsp3) is 0.125. The molecule has 1 N–H and O–H groups in total. The predicted octanol–water partition coefficient (Wildman–Crippen LogP) is 2.92. The third-order valence-corrected chi connectivity index (χ3v) is 3.77. The Hall–Kier alpha value is -2.33. The van der Waals surface area contributed by atoms with Gasteiger partial charge in [0, 0.05) is 18.3 Å². The number of hydrogen-bond acceptors (Lipinski definition) is 3. The number of hydrazine groups is 2. The molecule has 20 heavy (non-hydrogen) atoms. The fourth-order valence-corrected chi connectivity index (χ4v) is 2.74. The summed E-state index contributed by atoms with van der Waals surface area (Å²) < 4.78 is 13.0. The van der Waals surface area contributed by atoms with E-state index in [4.69, 9.17) is 0 Å². The normalized spacial score (nSPS) is 16.8. The van der Waals surface area contributed by atoms with Crippen molar-refractivity contribution in [3.8, 4) is 0 Å². The molecule has 0 saturated carbocycles. The Morgan fingerprint density at radius 1 is 1.00 bits per heavy atom. The van der Waals surface area contributed by atoms with Crippen LogP contribution in [0.15, 0.2) is 54.7 Å². The van der Waals surface area contributed by atoms with E-state index in [1.807, 2.05) is 5.01 Å². The van der Waals surface area contributed by atoms with Gasteiger partial charge in [0.2, 0.25) is 0 Å². The molecule has 2 aromatic carbocycles. The molecule has 0 aromatic heterocycles. The molecule has 0 aliphatic carbocycles. The van der Waals surface area contributed by atoms with Crippen molar-refractivity contribution in [3.63, 3.8) is 0 Å². The SMILES string of the molecule is Fc1ccc(N2C=C3c4ccccc4CCN3N2)cc1. The summed E-state index contributed by atoms with van der Waals surface area (Å²) >= 11 is 0. The second-order valence-corrected chi connectivity index (χ2v) is 5.02. The van der Waals surface area contributed by atoms with E-state index >= 15 is 0 Å². The highest BCUT2D eigenvalue weighted by molar-refractivity contribution is 5.73. The Labute approximate surface area is 116 Å². The van der Waals surface area contributed by atoms with Gasteiger partial charge >= 0.3 is 0 Å². The molecule has 0 atom stereocenters. The molecule has 2 aliphatic rings. The van der Waals surface area contributed by atoms with Crippen molar-refractivity contribution in [2.45, 2.75) is 6.42 Å². The first-order valence-electron chi connectivity index (χ1n) is 6.70. The fourth-order valence-electron chi connectivity index (χ4n) is 2.74. The molecule has 0 fully saturated rings. The molecule has 0 bridgehead atoms. The second-order valence-electron chi connectivity index (χ2n) is 5.02. The van der Waals surface area contributed by atoms with Crippen molar-refractivity contribution in [2.75, 3.05) is 11.6 Å². The number of rotatable bonds is 1. The second kappa shape index (κ2) is 4.35. The standard InChI is InChI=1S/C16H14FN3/c17-13-5-7-14(8-6-13)20-11-16-15-4-2-1-3-12(15)9-10-19(16)18-20/h1-8,11,18H,9-10H2. The van der Waals surface area contributed by atoms with Crippen LogP contribution in [0.1, 0.15) is 11.1 Å². The van der Waals surface area contributed by atoms with Crippen molar-refractivity contribution >= 4 is 11.4 Å². The largest absolute Gasteiger partial charge is 0.288 e. The summed E-state index contributed by atoms with van der Waals surface area (Å²) in [4.78, 5) is 0. The molecule has 0 saturated heterocycles. The molecular formula is C16H14FN3. The molecule has 2 heterocycles. The van der Waals surface area contributed by atoms with Gasteiger partial charge in [-0.25, -0.2) is 4.39 Å². The van der Waals surface area contributed by atoms with Crippen LogP contribution in [0.5, 0.6) is 0 Å². The Morgan fingerprint density at radius 2 is 1.80 bits per heavy atom. The van der Waals surface area contributed by atoms with Crippen molar-refractivity contribution in [1.29, 1.82) is 0 Å². The minimum atomic E-state index is -0.219. The van der Waals surface area contributed by atoms with Crippen molar-refractivity contribution in [3.05, 3.63) is 71.7 Å².